The van der Waals surface area contributed by atoms with Gasteiger partial charge < -0.3 is 33.3 Å². The molecule has 90 heavy (non-hydrogen) atoms. The van der Waals surface area contributed by atoms with Crippen molar-refractivity contribution in [2.75, 3.05) is 47.5 Å². The number of allylic oxidation sites excluding steroid dienone is 14. The Morgan fingerprint density at radius 3 is 0.944 bits per heavy atom. The van der Waals surface area contributed by atoms with Gasteiger partial charge in [-0.2, -0.15) is 0 Å². The zero-order chi connectivity index (χ0) is 65.4. The fourth-order valence-electron chi connectivity index (χ4n) is 11.1. The molecule has 0 radical (unpaired) electrons. The average molecular weight is 1260 g/mol. The first-order valence-corrected chi connectivity index (χ1v) is 38.2. The number of carboxylic acids is 1. The third kappa shape index (κ3) is 71.9. The number of nitrogens with zero attached hydrogens (tertiary/aromatic N) is 1. The molecular weight excluding hydrogens is 1110 g/mol. The van der Waals surface area contributed by atoms with E-state index in [4.69, 9.17) is 18.9 Å². The molecule has 0 heterocycles. The maximum Gasteiger partial charge on any atom is 0.306 e. The van der Waals surface area contributed by atoms with E-state index in [1.807, 2.05) is 21.1 Å². The Morgan fingerprint density at radius 1 is 0.344 bits per heavy atom. The fourth-order valence-corrected chi connectivity index (χ4v) is 11.1. The lowest BCUT2D eigenvalue weighted by molar-refractivity contribution is -0.870. The number of ether oxygens (including phenoxy) is 4. The van der Waals surface area contributed by atoms with Crippen LogP contribution in [0.25, 0.3) is 0 Å². The molecule has 0 rings (SSSR count). The molecule has 0 saturated carbocycles. The van der Waals surface area contributed by atoms with Crippen LogP contribution in [0.4, 0.5) is 0 Å². The molecule has 522 valence electrons. The van der Waals surface area contributed by atoms with Crippen LogP contribution >= 0.6 is 0 Å². The molecule has 0 aromatic heterocycles. The molecule has 0 spiro atoms. The summed E-state index contributed by atoms with van der Waals surface area (Å²) in [6, 6.07) is 0. The monoisotopic (exact) mass is 1260 g/mol. The molecular formula is C81H145NO8. The number of carbonyl (C=O) groups is 3. The minimum Gasteiger partial charge on any atom is -0.545 e. The lowest BCUT2D eigenvalue weighted by Gasteiger charge is -2.26. The summed E-state index contributed by atoms with van der Waals surface area (Å²) in [5.74, 6) is -2.26. The summed E-state index contributed by atoms with van der Waals surface area (Å²) in [5.41, 5.74) is 0. The van der Waals surface area contributed by atoms with Gasteiger partial charge in [-0.15, -0.1) is 0 Å². The number of carbonyl (C=O) groups excluding carboxylic acids is 3. The second-order valence-corrected chi connectivity index (χ2v) is 26.9. The van der Waals surface area contributed by atoms with Crippen molar-refractivity contribution in [2.24, 2.45) is 0 Å². The summed E-state index contributed by atoms with van der Waals surface area (Å²) in [5, 5.41) is 11.8. The number of rotatable bonds is 71. The molecule has 0 saturated heterocycles. The zero-order valence-corrected chi connectivity index (χ0v) is 59.8. The molecule has 0 fully saturated rings. The van der Waals surface area contributed by atoms with Crippen LogP contribution in [-0.4, -0.2) is 82.3 Å². The SMILES string of the molecule is CC/C=C\C/C=C\C/C=C\C/C=C\C/C=C\C/C=C\C/C=C\CCCCCCCCCCCCCCCCCCCCCC(=O)OC(COC(=O)CCCCCCCCCCCCCCCCCCCCCCCCCC)COC(OCC[N+](C)(C)C)C(=O)[O-]. The van der Waals surface area contributed by atoms with E-state index in [0.717, 1.165) is 77.0 Å². The fraction of sp³-hybridized carbons (Fsp3) is 0.790. The Morgan fingerprint density at radius 2 is 0.633 bits per heavy atom. The number of aliphatic carboxylic acids is 1. The number of quaternary nitrogens is 1. The lowest BCUT2D eigenvalue weighted by Crippen LogP contribution is -2.44. The highest BCUT2D eigenvalue weighted by Crippen LogP contribution is 2.19. The van der Waals surface area contributed by atoms with Crippen LogP contribution in [0.15, 0.2) is 85.1 Å². The van der Waals surface area contributed by atoms with E-state index >= 15 is 0 Å². The molecule has 0 aromatic rings. The van der Waals surface area contributed by atoms with Crippen LogP contribution in [0.2, 0.25) is 0 Å². The van der Waals surface area contributed by atoms with Gasteiger partial charge in [0, 0.05) is 12.8 Å². The van der Waals surface area contributed by atoms with E-state index in [0.29, 0.717) is 23.9 Å². The Bertz CT molecular complexity index is 1760. The number of unbranched alkanes of at least 4 members (excludes halogenated alkanes) is 42. The van der Waals surface area contributed by atoms with Crippen LogP contribution in [-0.2, 0) is 33.3 Å². The van der Waals surface area contributed by atoms with Crippen molar-refractivity contribution in [1.29, 1.82) is 0 Å². The third-order valence-electron chi connectivity index (χ3n) is 16.9. The molecule has 0 aliphatic rings. The van der Waals surface area contributed by atoms with Crippen molar-refractivity contribution in [3.05, 3.63) is 85.1 Å². The smallest absolute Gasteiger partial charge is 0.306 e. The van der Waals surface area contributed by atoms with E-state index in [1.165, 1.54) is 244 Å². The molecule has 0 aliphatic heterocycles. The first kappa shape index (κ1) is 86.5. The summed E-state index contributed by atoms with van der Waals surface area (Å²) in [6.45, 7) is 4.69. The highest BCUT2D eigenvalue weighted by Gasteiger charge is 2.22. The van der Waals surface area contributed by atoms with Gasteiger partial charge in [-0.3, -0.25) is 9.59 Å². The molecule has 9 nitrogen and oxygen atoms in total. The Labute approximate surface area is 557 Å². The standard InChI is InChI=1S/C81H145NO8/c1-6-8-10-12-14-16-18-20-22-24-26-28-30-32-33-34-35-36-37-38-39-40-41-42-43-44-45-46-47-48-50-52-54-56-58-60-62-64-66-68-70-72-79(84)90-77(76-89-81(80(85)86)87-74-73-82(3,4)5)75-88-78(83)71-69-67-65-63-61-59-57-55-53-51-49-31-29-27-25-23-21-19-17-15-13-11-9-7-2/h8,10,14,16,20,22,26,28,32-33,35-36,38-39,77,81H,6-7,9,11-13,15,17-19,21,23-25,27,29-31,34,37,40-76H2,1-5H3/b10-8-,16-14-,22-20-,28-26-,33-32-,36-35-,39-38-. The summed E-state index contributed by atoms with van der Waals surface area (Å²) < 4.78 is 22.9. The lowest BCUT2D eigenvalue weighted by atomic mass is 10.0. The van der Waals surface area contributed by atoms with E-state index in [2.05, 4.69) is 98.9 Å². The maximum absolute atomic E-state index is 13.0. The van der Waals surface area contributed by atoms with Gasteiger partial charge in [0.05, 0.1) is 40.3 Å². The van der Waals surface area contributed by atoms with Crippen molar-refractivity contribution in [1.82, 2.24) is 0 Å². The molecule has 0 aromatic carbocycles. The first-order valence-electron chi connectivity index (χ1n) is 38.2. The van der Waals surface area contributed by atoms with Crippen molar-refractivity contribution >= 4 is 17.9 Å². The highest BCUT2D eigenvalue weighted by atomic mass is 16.7. The first-order chi connectivity index (χ1) is 44.1. The van der Waals surface area contributed by atoms with E-state index < -0.39 is 24.3 Å². The van der Waals surface area contributed by atoms with Gasteiger partial charge in [-0.25, -0.2) is 0 Å². The average Bonchev–Trinajstić information content (AvgIpc) is 3.73. The van der Waals surface area contributed by atoms with Gasteiger partial charge in [-0.05, 0) is 70.6 Å². The second kappa shape index (κ2) is 71.3. The number of carboxylic acid groups (broad SMARTS) is 1. The zero-order valence-electron chi connectivity index (χ0n) is 59.8. The molecule has 0 N–H and O–H groups in total. The van der Waals surface area contributed by atoms with Gasteiger partial charge in [0.15, 0.2) is 12.4 Å². The van der Waals surface area contributed by atoms with Crippen molar-refractivity contribution < 1.29 is 42.9 Å². The quantitative estimate of drug-likeness (QED) is 0.0195. The van der Waals surface area contributed by atoms with E-state index in [-0.39, 0.29) is 32.2 Å². The van der Waals surface area contributed by atoms with Gasteiger partial charge in [0.2, 0.25) is 0 Å². The Hall–Kier alpha value is -3.53. The van der Waals surface area contributed by atoms with Gasteiger partial charge in [0.1, 0.15) is 13.2 Å². The van der Waals surface area contributed by atoms with Crippen LogP contribution in [0, 0.1) is 0 Å². The van der Waals surface area contributed by atoms with Crippen LogP contribution < -0.4 is 5.11 Å². The van der Waals surface area contributed by atoms with Crippen LogP contribution in [0.1, 0.15) is 354 Å². The second-order valence-electron chi connectivity index (χ2n) is 26.9. The van der Waals surface area contributed by atoms with Crippen LogP contribution in [0.3, 0.4) is 0 Å². The van der Waals surface area contributed by atoms with E-state index in [1.54, 1.807) is 0 Å². The van der Waals surface area contributed by atoms with Crippen molar-refractivity contribution in [3.63, 3.8) is 0 Å². The predicted molar refractivity (Wildman–Crippen MR) is 384 cm³/mol. The van der Waals surface area contributed by atoms with Gasteiger partial charge in [-0.1, -0.05) is 356 Å². The summed E-state index contributed by atoms with van der Waals surface area (Å²) in [7, 11) is 5.94. The molecule has 2 unspecified atom stereocenters. The number of esters is 2. The van der Waals surface area contributed by atoms with Gasteiger partial charge in [0.25, 0.3) is 0 Å². The molecule has 2 atom stereocenters. The maximum atomic E-state index is 13.0. The molecule has 0 amide bonds. The largest absolute Gasteiger partial charge is 0.545 e. The molecule has 0 bridgehead atoms. The minimum absolute atomic E-state index is 0.149. The number of hydrogen-bond donors (Lipinski definition) is 0. The summed E-state index contributed by atoms with van der Waals surface area (Å²) >= 11 is 0. The number of hydrogen-bond acceptors (Lipinski definition) is 8. The normalized spacial score (nSPS) is 13.1. The topological polar surface area (TPSA) is 111 Å². The molecule has 0 aliphatic carbocycles. The van der Waals surface area contributed by atoms with Gasteiger partial charge >= 0.3 is 11.9 Å². The van der Waals surface area contributed by atoms with Crippen molar-refractivity contribution in [3.8, 4) is 0 Å². The predicted octanol–water partition coefficient (Wildman–Crippen LogP) is 22.9. The minimum atomic E-state index is -1.62. The Kier molecular flexibility index (Phi) is 68.5. The Balaban J connectivity index is 4.00. The third-order valence-corrected chi connectivity index (χ3v) is 16.9. The number of likely N-dealkylation sites (N-methyl/N-ethyl adjacent to an activating group) is 1. The van der Waals surface area contributed by atoms with Crippen molar-refractivity contribution in [2.45, 2.75) is 367 Å². The van der Waals surface area contributed by atoms with E-state index in [9.17, 15) is 19.5 Å². The highest BCUT2D eigenvalue weighted by molar-refractivity contribution is 5.70. The van der Waals surface area contributed by atoms with Crippen LogP contribution in [0.5, 0.6) is 0 Å². The summed E-state index contributed by atoms with van der Waals surface area (Å²) in [4.78, 5) is 37.5. The summed E-state index contributed by atoms with van der Waals surface area (Å²) in [6.07, 6.45) is 94.0. The molecule has 9 heteroatoms.